The summed E-state index contributed by atoms with van der Waals surface area (Å²) in [7, 11) is 0. The standard InChI is InChI=1S/C14H25NO4/c1-11-7-15(8-13(9-16)19-11)12-2-4-18-14(6-12)3-5-17-10-14/h11-13,16H,2-10H2,1H3. The van der Waals surface area contributed by atoms with E-state index in [1.165, 1.54) is 0 Å². The molecular formula is C14H25NO4. The van der Waals surface area contributed by atoms with Crippen molar-refractivity contribution in [2.75, 3.05) is 39.5 Å². The SMILES string of the molecule is CC1CN(C2CCOC3(CCOC3)C2)CC(CO)O1. The summed E-state index contributed by atoms with van der Waals surface area (Å²) in [6.07, 6.45) is 3.31. The lowest BCUT2D eigenvalue weighted by atomic mass is 9.88. The summed E-state index contributed by atoms with van der Waals surface area (Å²) in [6.45, 7) is 6.38. The van der Waals surface area contributed by atoms with E-state index in [1.54, 1.807) is 0 Å². The molecule has 0 saturated carbocycles. The van der Waals surface area contributed by atoms with Gasteiger partial charge in [-0.15, -0.1) is 0 Å². The lowest BCUT2D eigenvalue weighted by Gasteiger charge is -2.46. The van der Waals surface area contributed by atoms with Crippen molar-refractivity contribution in [3.63, 3.8) is 0 Å². The van der Waals surface area contributed by atoms with Crippen LogP contribution < -0.4 is 0 Å². The van der Waals surface area contributed by atoms with E-state index in [-0.39, 0.29) is 24.4 Å². The molecule has 0 aromatic carbocycles. The molecule has 4 atom stereocenters. The second-order valence-electron chi connectivity index (χ2n) is 6.19. The summed E-state index contributed by atoms with van der Waals surface area (Å²) in [6, 6.07) is 0.538. The fraction of sp³-hybridized carbons (Fsp3) is 1.00. The van der Waals surface area contributed by atoms with Gasteiger partial charge in [-0.25, -0.2) is 0 Å². The van der Waals surface area contributed by atoms with Crippen LogP contribution in [0.15, 0.2) is 0 Å². The number of ether oxygens (including phenoxy) is 3. The smallest absolute Gasteiger partial charge is 0.0951 e. The van der Waals surface area contributed by atoms with Gasteiger partial charge in [0.05, 0.1) is 31.0 Å². The first kappa shape index (κ1) is 13.8. The monoisotopic (exact) mass is 271 g/mol. The summed E-state index contributed by atoms with van der Waals surface area (Å²) < 4.78 is 17.2. The van der Waals surface area contributed by atoms with Gasteiger partial charge in [0, 0.05) is 38.8 Å². The molecule has 3 saturated heterocycles. The lowest BCUT2D eigenvalue weighted by molar-refractivity contribution is -0.143. The van der Waals surface area contributed by atoms with Crippen molar-refractivity contribution in [1.82, 2.24) is 4.90 Å². The van der Waals surface area contributed by atoms with E-state index in [9.17, 15) is 5.11 Å². The van der Waals surface area contributed by atoms with Crippen molar-refractivity contribution in [2.45, 2.75) is 50.0 Å². The van der Waals surface area contributed by atoms with Crippen LogP contribution >= 0.6 is 0 Å². The fourth-order valence-corrected chi connectivity index (χ4v) is 3.66. The fourth-order valence-electron chi connectivity index (χ4n) is 3.66. The molecule has 1 spiro atoms. The molecule has 3 aliphatic heterocycles. The quantitative estimate of drug-likeness (QED) is 0.788. The molecule has 0 radical (unpaired) electrons. The molecule has 1 N–H and O–H groups in total. The van der Waals surface area contributed by atoms with Crippen molar-refractivity contribution in [2.24, 2.45) is 0 Å². The van der Waals surface area contributed by atoms with Gasteiger partial charge in [0.25, 0.3) is 0 Å². The molecule has 0 aromatic heterocycles. The minimum Gasteiger partial charge on any atom is -0.394 e. The van der Waals surface area contributed by atoms with Crippen LogP contribution in [-0.2, 0) is 14.2 Å². The summed E-state index contributed by atoms with van der Waals surface area (Å²) in [4.78, 5) is 2.48. The summed E-state index contributed by atoms with van der Waals surface area (Å²) >= 11 is 0. The third-order valence-corrected chi connectivity index (χ3v) is 4.61. The Morgan fingerprint density at radius 2 is 2.21 bits per heavy atom. The topological polar surface area (TPSA) is 51.2 Å². The van der Waals surface area contributed by atoms with Crippen molar-refractivity contribution < 1.29 is 19.3 Å². The number of hydrogen-bond acceptors (Lipinski definition) is 5. The Bertz CT molecular complexity index is 306. The van der Waals surface area contributed by atoms with Gasteiger partial charge in [-0.05, 0) is 19.8 Å². The van der Waals surface area contributed by atoms with E-state index >= 15 is 0 Å². The summed E-state index contributed by atoms with van der Waals surface area (Å²) in [5.41, 5.74) is -0.0425. The molecule has 5 nitrogen and oxygen atoms in total. The van der Waals surface area contributed by atoms with Gasteiger partial charge >= 0.3 is 0 Å². The number of morpholine rings is 1. The maximum Gasteiger partial charge on any atom is 0.0951 e. The van der Waals surface area contributed by atoms with Gasteiger partial charge < -0.3 is 19.3 Å². The van der Waals surface area contributed by atoms with E-state index in [0.29, 0.717) is 6.04 Å². The van der Waals surface area contributed by atoms with Crippen LogP contribution in [0.25, 0.3) is 0 Å². The van der Waals surface area contributed by atoms with E-state index < -0.39 is 0 Å². The summed E-state index contributed by atoms with van der Waals surface area (Å²) in [5.74, 6) is 0. The first-order valence-corrected chi connectivity index (χ1v) is 7.43. The van der Waals surface area contributed by atoms with Gasteiger partial charge in [-0.2, -0.15) is 0 Å². The predicted molar refractivity (Wildman–Crippen MR) is 70.1 cm³/mol. The molecular weight excluding hydrogens is 246 g/mol. The van der Waals surface area contributed by atoms with Crippen LogP contribution in [0.3, 0.4) is 0 Å². The average Bonchev–Trinajstić information content (AvgIpc) is 2.86. The molecule has 110 valence electrons. The van der Waals surface area contributed by atoms with E-state index in [2.05, 4.69) is 11.8 Å². The zero-order valence-electron chi connectivity index (χ0n) is 11.7. The van der Waals surface area contributed by atoms with Gasteiger partial charge in [0.15, 0.2) is 0 Å². The molecule has 3 heterocycles. The highest BCUT2D eigenvalue weighted by Crippen LogP contribution is 2.35. The molecule has 3 fully saturated rings. The number of aliphatic hydroxyl groups is 1. The zero-order valence-corrected chi connectivity index (χ0v) is 11.7. The highest BCUT2D eigenvalue weighted by atomic mass is 16.6. The number of aliphatic hydroxyl groups excluding tert-OH is 1. The Balaban J connectivity index is 1.64. The Labute approximate surface area is 114 Å². The van der Waals surface area contributed by atoms with Crippen molar-refractivity contribution in [3.8, 4) is 0 Å². The highest BCUT2D eigenvalue weighted by molar-refractivity contribution is 4.95. The molecule has 3 rings (SSSR count). The minimum absolute atomic E-state index is 0.0395. The van der Waals surface area contributed by atoms with Crippen LogP contribution in [0.5, 0.6) is 0 Å². The maximum atomic E-state index is 9.33. The third kappa shape index (κ3) is 2.95. The van der Waals surface area contributed by atoms with E-state index in [4.69, 9.17) is 14.2 Å². The Morgan fingerprint density at radius 3 is 2.95 bits per heavy atom. The summed E-state index contributed by atoms with van der Waals surface area (Å²) in [5, 5.41) is 9.33. The van der Waals surface area contributed by atoms with Gasteiger partial charge in [0.2, 0.25) is 0 Å². The molecule has 0 aliphatic carbocycles. The van der Waals surface area contributed by atoms with Crippen LogP contribution in [0.1, 0.15) is 26.2 Å². The molecule has 0 amide bonds. The Morgan fingerprint density at radius 1 is 1.32 bits per heavy atom. The van der Waals surface area contributed by atoms with E-state index in [0.717, 1.165) is 52.2 Å². The van der Waals surface area contributed by atoms with Gasteiger partial charge in [-0.3, -0.25) is 4.90 Å². The normalized spacial score (nSPS) is 44.8. The molecule has 3 aliphatic rings. The van der Waals surface area contributed by atoms with Crippen LogP contribution in [-0.4, -0.2) is 73.4 Å². The second kappa shape index (κ2) is 5.66. The highest BCUT2D eigenvalue weighted by Gasteiger charge is 2.43. The first-order valence-electron chi connectivity index (χ1n) is 7.43. The van der Waals surface area contributed by atoms with Gasteiger partial charge in [-0.1, -0.05) is 0 Å². The zero-order chi connectivity index (χ0) is 13.3. The third-order valence-electron chi connectivity index (χ3n) is 4.61. The second-order valence-corrected chi connectivity index (χ2v) is 6.19. The molecule has 4 unspecified atom stereocenters. The lowest BCUT2D eigenvalue weighted by Crippen LogP contribution is -2.56. The first-order chi connectivity index (χ1) is 9.21. The largest absolute Gasteiger partial charge is 0.394 e. The minimum atomic E-state index is -0.0425. The number of hydrogen-bond donors (Lipinski definition) is 1. The molecule has 5 heteroatoms. The van der Waals surface area contributed by atoms with E-state index in [1.807, 2.05) is 0 Å². The number of nitrogens with zero attached hydrogens (tertiary/aromatic N) is 1. The van der Waals surface area contributed by atoms with Crippen molar-refractivity contribution in [3.05, 3.63) is 0 Å². The molecule has 0 aromatic rings. The predicted octanol–water partition coefficient (Wildman–Crippen LogP) is 0.406. The molecule has 19 heavy (non-hydrogen) atoms. The number of rotatable bonds is 2. The van der Waals surface area contributed by atoms with Crippen LogP contribution in [0.2, 0.25) is 0 Å². The van der Waals surface area contributed by atoms with Crippen LogP contribution in [0, 0.1) is 0 Å². The Kier molecular flexibility index (Phi) is 4.10. The van der Waals surface area contributed by atoms with Crippen LogP contribution in [0.4, 0.5) is 0 Å². The van der Waals surface area contributed by atoms with Crippen molar-refractivity contribution >= 4 is 0 Å². The van der Waals surface area contributed by atoms with Gasteiger partial charge in [0.1, 0.15) is 0 Å². The average molecular weight is 271 g/mol. The van der Waals surface area contributed by atoms with Crippen molar-refractivity contribution in [1.29, 1.82) is 0 Å². The maximum absolute atomic E-state index is 9.33. The molecule has 0 bridgehead atoms. The Hall–Kier alpha value is -0.200.